The first-order chi connectivity index (χ1) is 13.9. The molecule has 0 aliphatic heterocycles. The topological polar surface area (TPSA) is 38.3 Å². The van der Waals surface area contributed by atoms with Crippen LogP contribution in [0.3, 0.4) is 0 Å². The van der Waals surface area contributed by atoms with E-state index in [9.17, 15) is 4.79 Å². The van der Waals surface area contributed by atoms with Crippen LogP contribution in [0.2, 0.25) is 0 Å². The minimum atomic E-state index is -0.541. The molecule has 0 spiro atoms. The molecule has 2 aromatic rings. The third-order valence-electron chi connectivity index (χ3n) is 5.96. The lowest BCUT2D eigenvalue weighted by Gasteiger charge is -2.24. The summed E-state index contributed by atoms with van der Waals surface area (Å²) in [6, 6.07) is 13.0. The molecule has 0 unspecified atom stereocenters. The van der Waals surface area contributed by atoms with Gasteiger partial charge in [-0.2, -0.15) is 0 Å². The third-order valence-corrected chi connectivity index (χ3v) is 5.96. The maximum Gasteiger partial charge on any atom is 0.261 e. The van der Waals surface area contributed by atoms with Gasteiger partial charge in [0.1, 0.15) is 5.75 Å². The van der Waals surface area contributed by atoms with Crippen molar-refractivity contribution in [1.29, 1.82) is 0 Å². The summed E-state index contributed by atoms with van der Waals surface area (Å²) in [7, 11) is 0. The Labute approximate surface area is 175 Å². The lowest BCUT2D eigenvalue weighted by molar-refractivity contribution is -0.128. The highest BCUT2D eigenvalue weighted by Crippen LogP contribution is 2.29. The average Bonchev–Trinajstić information content (AvgIpc) is 2.71. The predicted molar refractivity (Wildman–Crippen MR) is 120 cm³/mol. The van der Waals surface area contributed by atoms with Crippen molar-refractivity contribution in [1.82, 2.24) is 5.32 Å². The summed E-state index contributed by atoms with van der Waals surface area (Å²) >= 11 is 0. The molecule has 3 heteroatoms. The van der Waals surface area contributed by atoms with Gasteiger partial charge in [0, 0.05) is 0 Å². The van der Waals surface area contributed by atoms with E-state index < -0.39 is 6.10 Å². The zero-order valence-corrected chi connectivity index (χ0v) is 18.5. The van der Waals surface area contributed by atoms with Gasteiger partial charge < -0.3 is 10.1 Å². The van der Waals surface area contributed by atoms with E-state index in [-0.39, 0.29) is 11.9 Å². The van der Waals surface area contributed by atoms with Crippen molar-refractivity contribution < 1.29 is 9.53 Å². The number of aryl methyl sites for hydroxylation is 3. The number of benzene rings is 2. The molecule has 0 bridgehead atoms. The first-order valence-electron chi connectivity index (χ1n) is 11.1. The smallest absolute Gasteiger partial charge is 0.261 e. The van der Waals surface area contributed by atoms with Gasteiger partial charge in [0.2, 0.25) is 0 Å². The number of rotatable bonds is 7. The van der Waals surface area contributed by atoms with Crippen LogP contribution in [0.25, 0.3) is 0 Å². The fraction of sp³-hybridized carbons (Fsp3) is 0.500. The molecule has 2 aromatic carbocycles. The SMILES string of the molecule is CC[C@@H](NC(=O)[C@H](C)Oc1cc(C)ccc1C(C)C)c1ccc2c(c1)CCCC2. The summed E-state index contributed by atoms with van der Waals surface area (Å²) in [5.41, 5.74) is 6.40. The van der Waals surface area contributed by atoms with Gasteiger partial charge in [-0.15, -0.1) is 0 Å². The molecule has 1 N–H and O–H groups in total. The quantitative estimate of drug-likeness (QED) is 0.623. The lowest BCUT2D eigenvalue weighted by atomic mass is 9.89. The molecule has 1 aliphatic carbocycles. The Morgan fingerprint density at radius 1 is 1.03 bits per heavy atom. The number of nitrogens with one attached hydrogen (secondary N) is 1. The van der Waals surface area contributed by atoms with E-state index in [4.69, 9.17) is 4.74 Å². The van der Waals surface area contributed by atoms with E-state index in [2.05, 4.69) is 56.4 Å². The standard InChI is InChI=1S/C26H35NO2/c1-6-24(22-13-12-20-9-7-8-10-21(20)16-22)27-26(28)19(5)29-25-15-18(4)11-14-23(25)17(2)3/h11-17,19,24H,6-10H2,1-5H3,(H,27,28)/t19-,24+/m0/s1. The highest BCUT2D eigenvalue weighted by atomic mass is 16.5. The van der Waals surface area contributed by atoms with Gasteiger partial charge >= 0.3 is 0 Å². The van der Waals surface area contributed by atoms with Crippen LogP contribution in [0.5, 0.6) is 5.75 Å². The number of fused-ring (bicyclic) bond motifs is 1. The first-order valence-corrected chi connectivity index (χ1v) is 11.1. The van der Waals surface area contributed by atoms with Gasteiger partial charge in [0.25, 0.3) is 5.91 Å². The molecule has 0 aromatic heterocycles. The second-order valence-electron chi connectivity index (χ2n) is 8.66. The molecule has 0 saturated heterocycles. The van der Waals surface area contributed by atoms with Gasteiger partial charge in [-0.25, -0.2) is 0 Å². The second-order valence-corrected chi connectivity index (χ2v) is 8.66. The molecule has 29 heavy (non-hydrogen) atoms. The number of carbonyl (C=O) groups excluding carboxylic acids is 1. The molecular weight excluding hydrogens is 358 g/mol. The summed E-state index contributed by atoms with van der Waals surface area (Å²) in [5.74, 6) is 1.09. The minimum absolute atomic E-state index is 0.0165. The van der Waals surface area contributed by atoms with Crippen molar-refractivity contribution in [2.24, 2.45) is 0 Å². The molecule has 3 rings (SSSR count). The fourth-order valence-corrected chi connectivity index (χ4v) is 4.14. The van der Waals surface area contributed by atoms with Crippen LogP contribution in [-0.2, 0) is 17.6 Å². The van der Waals surface area contributed by atoms with Crippen LogP contribution in [0, 0.1) is 6.92 Å². The molecule has 156 valence electrons. The van der Waals surface area contributed by atoms with Crippen molar-refractivity contribution >= 4 is 5.91 Å². The largest absolute Gasteiger partial charge is 0.481 e. The van der Waals surface area contributed by atoms with Crippen LogP contribution < -0.4 is 10.1 Å². The van der Waals surface area contributed by atoms with E-state index in [0.29, 0.717) is 5.92 Å². The Morgan fingerprint density at radius 3 is 2.45 bits per heavy atom. The number of ether oxygens (including phenoxy) is 1. The maximum absolute atomic E-state index is 12.9. The van der Waals surface area contributed by atoms with Crippen LogP contribution in [0.1, 0.15) is 86.7 Å². The normalized spacial score (nSPS) is 15.5. The van der Waals surface area contributed by atoms with E-state index >= 15 is 0 Å². The lowest BCUT2D eigenvalue weighted by Crippen LogP contribution is -2.38. The Bertz CT molecular complexity index is 856. The molecule has 0 heterocycles. The van der Waals surface area contributed by atoms with Gasteiger partial charge in [0.15, 0.2) is 6.10 Å². The Morgan fingerprint density at radius 2 is 1.76 bits per heavy atom. The molecule has 1 amide bonds. The molecule has 1 aliphatic rings. The van der Waals surface area contributed by atoms with E-state index in [1.807, 2.05) is 19.9 Å². The number of hydrogen-bond donors (Lipinski definition) is 1. The van der Waals surface area contributed by atoms with E-state index in [1.54, 1.807) is 0 Å². The Hall–Kier alpha value is -2.29. The molecule has 0 fully saturated rings. The molecular formula is C26H35NO2. The predicted octanol–water partition coefficient (Wildman–Crippen LogP) is 6.03. The highest BCUT2D eigenvalue weighted by Gasteiger charge is 2.22. The Balaban J connectivity index is 1.71. The summed E-state index contributed by atoms with van der Waals surface area (Å²) < 4.78 is 6.11. The van der Waals surface area contributed by atoms with Crippen molar-refractivity contribution in [3.05, 3.63) is 64.2 Å². The van der Waals surface area contributed by atoms with Crippen molar-refractivity contribution in [3.63, 3.8) is 0 Å². The second kappa shape index (κ2) is 9.47. The van der Waals surface area contributed by atoms with E-state index in [0.717, 1.165) is 29.7 Å². The van der Waals surface area contributed by atoms with Gasteiger partial charge in [-0.05, 0) is 85.8 Å². The van der Waals surface area contributed by atoms with Crippen LogP contribution in [0.15, 0.2) is 36.4 Å². The number of amides is 1. The van der Waals surface area contributed by atoms with Gasteiger partial charge in [-0.3, -0.25) is 4.79 Å². The summed E-state index contributed by atoms with van der Waals surface area (Å²) in [6.45, 7) is 10.3. The van der Waals surface area contributed by atoms with Crippen LogP contribution in [-0.4, -0.2) is 12.0 Å². The zero-order chi connectivity index (χ0) is 21.0. The van der Waals surface area contributed by atoms with Gasteiger partial charge in [-0.1, -0.05) is 51.1 Å². The maximum atomic E-state index is 12.9. The first kappa shape index (κ1) is 21.4. The van der Waals surface area contributed by atoms with Crippen molar-refractivity contribution in [2.75, 3.05) is 0 Å². The number of carbonyl (C=O) groups is 1. The van der Waals surface area contributed by atoms with Crippen LogP contribution in [0.4, 0.5) is 0 Å². The van der Waals surface area contributed by atoms with Crippen molar-refractivity contribution in [3.8, 4) is 5.75 Å². The molecule has 0 radical (unpaired) electrons. The monoisotopic (exact) mass is 393 g/mol. The van der Waals surface area contributed by atoms with Gasteiger partial charge in [0.05, 0.1) is 6.04 Å². The minimum Gasteiger partial charge on any atom is -0.481 e. The van der Waals surface area contributed by atoms with Crippen LogP contribution >= 0.6 is 0 Å². The number of hydrogen-bond acceptors (Lipinski definition) is 2. The van der Waals surface area contributed by atoms with Crippen molar-refractivity contribution in [2.45, 2.75) is 84.8 Å². The highest BCUT2D eigenvalue weighted by molar-refractivity contribution is 5.81. The average molecular weight is 394 g/mol. The Kier molecular flexibility index (Phi) is 7.00. The summed E-state index contributed by atoms with van der Waals surface area (Å²) in [6.07, 6.45) is 5.20. The zero-order valence-electron chi connectivity index (χ0n) is 18.5. The molecule has 3 nitrogen and oxygen atoms in total. The summed E-state index contributed by atoms with van der Waals surface area (Å²) in [4.78, 5) is 12.9. The summed E-state index contributed by atoms with van der Waals surface area (Å²) in [5, 5.41) is 3.21. The molecule has 2 atom stereocenters. The fourth-order valence-electron chi connectivity index (χ4n) is 4.14. The third kappa shape index (κ3) is 5.20. The molecule has 0 saturated carbocycles. The van der Waals surface area contributed by atoms with E-state index in [1.165, 1.54) is 36.0 Å².